The largest absolute Gasteiger partial charge is 0.465 e. The van der Waals surface area contributed by atoms with Crippen LogP contribution >= 0.6 is 27.5 Å². The maximum absolute atomic E-state index is 12.8. The van der Waals surface area contributed by atoms with E-state index >= 15 is 0 Å². The Kier molecular flexibility index (Phi) is 7.67. The third-order valence-corrected chi connectivity index (χ3v) is 6.32. The molecular weight excluding hydrogens is 534 g/mol. The van der Waals surface area contributed by atoms with Crippen LogP contribution < -0.4 is 5.32 Å². The SMILES string of the molecule is COC(=O)c1cccc(C(=O)N(C)CCCNc2cc(-c3ccccc3Cl)nc3c(Br)cnn23)c1. The highest BCUT2D eigenvalue weighted by Gasteiger charge is 2.15. The Hall–Kier alpha value is -3.43. The van der Waals surface area contributed by atoms with Gasteiger partial charge in [-0.05, 0) is 46.6 Å². The van der Waals surface area contributed by atoms with Crippen LogP contribution in [0.15, 0.2) is 65.3 Å². The smallest absolute Gasteiger partial charge is 0.337 e. The number of nitrogens with zero attached hydrogens (tertiary/aromatic N) is 4. The Morgan fingerprint density at radius 3 is 2.69 bits per heavy atom. The lowest BCUT2D eigenvalue weighted by Crippen LogP contribution is -2.29. The summed E-state index contributed by atoms with van der Waals surface area (Å²) < 4.78 is 7.23. The number of carbonyl (C=O) groups is 2. The van der Waals surface area contributed by atoms with Gasteiger partial charge < -0.3 is 15.0 Å². The number of halogens is 2. The van der Waals surface area contributed by atoms with E-state index in [-0.39, 0.29) is 5.91 Å². The summed E-state index contributed by atoms with van der Waals surface area (Å²) in [6.07, 6.45) is 2.38. The number of rotatable bonds is 8. The van der Waals surface area contributed by atoms with Crippen LogP contribution in [0.1, 0.15) is 27.1 Å². The molecule has 0 spiro atoms. The molecule has 0 radical (unpaired) electrons. The Morgan fingerprint density at radius 2 is 1.91 bits per heavy atom. The van der Waals surface area contributed by atoms with Crippen LogP contribution in [0.25, 0.3) is 16.9 Å². The van der Waals surface area contributed by atoms with Crippen molar-refractivity contribution in [2.45, 2.75) is 6.42 Å². The van der Waals surface area contributed by atoms with Gasteiger partial charge in [0.25, 0.3) is 5.91 Å². The second-order valence-corrected chi connectivity index (χ2v) is 9.08. The van der Waals surface area contributed by atoms with Crippen molar-refractivity contribution in [1.82, 2.24) is 19.5 Å². The van der Waals surface area contributed by atoms with Gasteiger partial charge in [0, 0.05) is 42.4 Å². The van der Waals surface area contributed by atoms with E-state index in [4.69, 9.17) is 21.3 Å². The Bertz CT molecular complexity index is 1390. The van der Waals surface area contributed by atoms with Crippen molar-refractivity contribution in [3.05, 3.63) is 81.4 Å². The van der Waals surface area contributed by atoms with E-state index < -0.39 is 5.97 Å². The van der Waals surface area contributed by atoms with E-state index in [0.29, 0.717) is 41.3 Å². The summed E-state index contributed by atoms with van der Waals surface area (Å²) >= 11 is 9.90. The highest BCUT2D eigenvalue weighted by atomic mass is 79.9. The fraction of sp³-hybridized carbons (Fsp3) is 0.200. The number of esters is 1. The van der Waals surface area contributed by atoms with Crippen molar-refractivity contribution in [3.63, 3.8) is 0 Å². The first-order valence-electron chi connectivity index (χ1n) is 10.9. The summed E-state index contributed by atoms with van der Waals surface area (Å²) in [7, 11) is 3.05. The van der Waals surface area contributed by atoms with Gasteiger partial charge in [-0.3, -0.25) is 4.79 Å². The summed E-state index contributed by atoms with van der Waals surface area (Å²) in [6.45, 7) is 1.11. The minimum Gasteiger partial charge on any atom is -0.465 e. The lowest BCUT2D eigenvalue weighted by Gasteiger charge is -2.18. The van der Waals surface area contributed by atoms with Crippen LogP contribution in [-0.2, 0) is 4.74 Å². The van der Waals surface area contributed by atoms with E-state index in [0.717, 1.165) is 21.5 Å². The molecule has 4 aromatic rings. The molecule has 0 atom stereocenters. The molecule has 0 aliphatic carbocycles. The average Bonchev–Trinajstić information content (AvgIpc) is 3.26. The van der Waals surface area contributed by atoms with E-state index in [1.807, 2.05) is 30.3 Å². The molecule has 0 fully saturated rings. The van der Waals surface area contributed by atoms with Crippen LogP contribution in [0.2, 0.25) is 5.02 Å². The number of hydrogen-bond acceptors (Lipinski definition) is 6. The number of aromatic nitrogens is 3. The number of carbonyl (C=O) groups excluding carboxylic acids is 2. The minimum atomic E-state index is -0.475. The lowest BCUT2D eigenvalue weighted by atomic mass is 10.1. The molecule has 0 saturated carbocycles. The summed E-state index contributed by atoms with van der Waals surface area (Å²) in [4.78, 5) is 30.9. The van der Waals surface area contributed by atoms with E-state index in [9.17, 15) is 9.59 Å². The molecule has 0 aliphatic rings. The number of anilines is 1. The highest BCUT2D eigenvalue weighted by Crippen LogP contribution is 2.30. The number of benzene rings is 2. The molecule has 0 aliphatic heterocycles. The van der Waals surface area contributed by atoms with Gasteiger partial charge in [-0.25, -0.2) is 9.78 Å². The third kappa shape index (κ3) is 5.47. The molecule has 180 valence electrons. The van der Waals surface area contributed by atoms with Crippen LogP contribution in [-0.4, -0.2) is 58.6 Å². The van der Waals surface area contributed by atoms with Crippen molar-refractivity contribution in [2.75, 3.05) is 32.6 Å². The zero-order valence-corrected chi connectivity index (χ0v) is 21.5. The fourth-order valence-corrected chi connectivity index (χ4v) is 4.20. The van der Waals surface area contributed by atoms with Crippen molar-refractivity contribution >= 4 is 50.9 Å². The van der Waals surface area contributed by atoms with Crippen LogP contribution in [0.4, 0.5) is 5.82 Å². The third-order valence-electron chi connectivity index (χ3n) is 5.43. The molecule has 2 aromatic heterocycles. The van der Waals surface area contributed by atoms with Crippen molar-refractivity contribution in [3.8, 4) is 11.3 Å². The Balaban J connectivity index is 1.43. The van der Waals surface area contributed by atoms with Gasteiger partial charge in [-0.2, -0.15) is 9.61 Å². The van der Waals surface area contributed by atoms with Gasteiger partial charge in [0.2, 0.25) is 0 Å². The molecule has 1 N–H and O–H groups in total. The van der Waals surface area contributed by atoms with Crippen molar-refractivity contribution in [2.24, 2.45) is 0 Å². The molecule has 4 rings (SSSR count). The number of nitrogens with one attached hydrogen (secondary N) is 1. The first-order chi connectivity index (χ1) is 16.9. The monoisotopic (exact) mass is 555 g/mol. The summed E-state index contributed by atoms with van der Waals surface area (Å²) in [6, 6.07) is 16.0. The maximum atomic E-state index is 12.8. The number of hydrogen-bond donors (Lipinski definition) is 1. The summed E-state index contributed by atoms with van der Waals surface area (Å²) in [5, 5.41) is 8.40. The van der Waals surface area contributed by atoms with Gasteiger partial charge in [-0.15, -0.1) is 0 Å². The Morgan fingerprint density at radius 1 is 1.14 bits per heavy atom. The molecular formula is C25H23BrClN5O3. The molecule has 0 unspecified atom stereocenters. The van der Waals surface area contributed by atoms with Crippen LogP contribution in [0.5, 0.6) is 0 Å². The van der Waals surface area contributed by atoms with Gasteiger partial charge >= 0.3 is 5.97 Å². The van der Waals surface area contributed by atoms with E-state index in [1.54, 1.807) is 46.9 Å². The number of ether oxygens (including phenoxy) is 1. The molecule has 10 heteroatoms. The zero-order chi connectivity index (χ0) is 24.9. The normalized spacial score (nSPS) is 10.9. The number of fused-ring (bicyclic) bond motifs is 1. The maximum Gasteiger partial charge on any atom is 0.337 e. The standard InChI is InChI=1S/C25H23BrClN5O3/c1-31(24(33)16-7-5-8-17(13-16)25(34)35-2)12-6-11-28-22-14-21(18-9-3-4-10-20(18)27)30-23-19(26)15-29-32(22)23/h3-5,7-10,13-15,28H,6,11-12H2,1-2H3. The van der Waals surface area contributed by atoms with E-state index in [2.05, 4.69) is 26.3 Å². The van der Waals surface area contributed by atoms with E-state index in [1.165, 1.54) is 7.11 Å². The second-order valence-electron chi connectivity index (χ2n) is 7.81. The number of methoxy groups -OCH3 is 1. The quantitative estimate of drug-likeness (QED) is 0.238. The molecule has 2 heterocycles. The highest BCUT2D eigenvalue weighted by molar-refractivity contribution is 9.10. The van der Waals surface area contributed by atoms with Crippen LogP contribution in [0, 0.1) is 0 Å². The Labute approximate surface area is 216 Å². The molecule has 35 heavy (non-hydrogen) atoms. The van der Waals surface area contributed by atoms with Gasteiger partial charge in [0.05, 0.1) is 29.0 Å². The lowest BCUT2D eigenvalue weighted by molar-refractivity contribution is 0.0600. The number of amides is 1. The molecule has 2 aromatic carbocycles. The predicted molar refractivity (Wildman–Crippen MR) is 139 cm³/mol. The van der Waals surface area contributed by atoms with Gasteiger partial charge in [0.15, 0.2) is 5.65 Å². The van der Waals surface area contributed by atoms with Crippen molar-refractivity contribution < 1.29 is 14.3 Å². The van der Waals surface area contributed by atoms with Crippen molar-refractivity contribution in [1.29, 1.82) is 0 Å². The van der Waals surface area contributed by atoms with Gasteiger partial charge in [0.1, 0.15) is 5.82 Å². The predicted octanol–water partition coefficient (Wildman–Crippen LogP) is 5.17. The molecule has 0 saturated heterocycles. The summed E-state index contributed by atoms with van der Waals surface area (Å²) in [5.41, 5.74) is 3.00. The van der Waals surface area contributed by atoms with Crippen LogP contribution in [0.3, 0.4) is 0 Å². The second kappa shape index (κ2) is 10.9. The summed E-state index contributed by atoms with van der Waals surface area (Å²) in [5.74, 6) is 0.117. The molecule has 1 amide bonds. The zero-order valence-electron chi connectivity index (χ0n) is 19.2. The topological polar surface area (TPSA) is 88.8 Å². The molecule has 8 nitrogen and oxygen atoms in total. The average molecular weight is 557 g/mol. The first-order valence-corrected chi connectivity index (χ1v) is 12.0. The minimum absolute atomic E-state index is 0.168. The fourth-order valence-electron chi connectivity index (χ4n) is 3.62. The molecule has 0 bridgehead atoms. The first kappa shape index (κ1) is 24.7. The van der Waals surface area contributed by atoms with Gasteiger partial charge in [-0.1, -0.05) is 35.9 Å².